The van der Waals surface area contributed by atoms with E-state index in [0.29, 0.717) is 12.0 Å². The molecule has 0 bridgehead atoms. The minimum Gasteiger partial charge on any atom is -0.322 e. The minimum atomic E-state index is -0.239. The molecule has 1 heterocycles. The quantitative estimate of drug-likeness (QED) is 0.851. The highest BCUT2D eigenvalue weighted by atomic mass is 16.1. The zero-order valence-corrected chi connectivity index (χ0v) is 11.1. The van der Waals surface area contributed by atoms with Crippen molar-refractivity contribution < 1.29 is 4.79 Å². The fourth-order valence-corrected chi connectivity index (χ4v) is 2.64. The molecule has 4 nitrogen and oxygen atoms in total. The van der Waals surface area contributed by atoms with Gasteiger partial charge in [-0.15, -0.1) is 0 Å². The molecular weight excluding hydrogens is 238 g/mol. The third-order valence-corrected chi connectivity index (χ3v) is 3.86. The predicted octanol–water partition coefficient (Wildman–Crippen LogP) is 2.48. The van der Waals surface area contributed by atoms with E-state index in [2.05, 4.69) is 5.10 Å². The average Bonchev–Trinajstić information content (AvgIpc) is 2.82. The zero-order valence-electron chi connectivity index (χ0n) is 11.1. The summed E-state index contributed by atoms with van der Waals surface area (Å²) in [6.45, 7) is 4.06. The maximum atomic E-state index is 12.2. The van der Waals surface area contributed by atoms with Gasteiger partial charge in [-0.05, 0) is 17.5 Å². The second-order valence-electron chi connectivity index (χ2n) is 5.76. The summed E-state index contributed by atoms with van der Waals surface area (Å²) < 4.78 is 1.79. The lowest BCUT2D eigenvalue weighted by Gasteiger charge is -2.35. The molecule has 19 heavy (non-hydrogen) atoms. The van der Waals surface area contributed by atoms with Gasteiger partial charge in [0.05, 0.1) is 29.2 Å². The smallest absolute Gasteiger partial charge is 0.166 e. The number of Topliss-reactive ketones (excluding diaryl/α,β-unsaturated/α-hetero) is 1. The van der Waals surface area contributed by atoms with Crippen LogP contribution in [0.2, 0.25) is 0 Å². The molecule has 98 valence electrons. The summed E-state index contributed by atoms with van der Waals surface area (Å²) in [6, 6.07) is 9.59. The van der Waals surface area contributed by atoms with Crippen LogP contribution in [0.15, 0.2) is 36.5 Å². The number of fused-ring (bicyclic) bond motifs is 1. The molecule has 1 aliphatic carbocycles. The van der Waals surface area contributed by atoms with Crippen molar-refractivity contribution in [2.45, 2.75) is 26.3 Å². The van der Waals surface area contributed by atoms with Crippen LogP contribution in [0.3, 0.4) is 0 Å². The minimum absolute atomic E-state index is 0.129. The molecule has 0 saturated carbocycles. The molecule has 1 aliphatic rings. The molecule has 0 fully saturated rings. The van der Waals surface area contributed by atoms with Crippen molar-refractivity contribution in [2.24, 2.45) is 11.1 Å². The molecule has 2 aromatic rings. The van der Waals surface area contributed by atoms with Crippen molar-refractivity contribution in [2.75, 3.05) is 0 Å². The van der Waals surface area contributed by atoms with Gasteiger partial charge in [0.2, 0.25) is 0 Å². The molecule has 1 unspecified atom stereocenters. The van der Waals surface area contributed by atoms with Gasteiger partial charge < -0.3 is 5.73 Å². The second-order valence-corrected chi connectivity index (χ2v) is 5.76. The number of hydrogen-bond donors (Lipinski definition) is 1. The number of aromatic nitrogens is 2. The highest BCUT2D eigenvalue weighted by Gasteiger charge is 2.40. The third-order valence-electron chi connectivity index (χ3n) is 3.86. The summed E-state index contributed by atoms with van der Waals surface area (Å²) in [4.78, 5) is 12.2. The van der Waals surface area contributed by atoms with Gasteiger partial charge in [-0.2, -0.15) is 5.10 Å². The van der Waals surface area contributed by atoms with E-state index in [-0.39, 0.29) is 17.2 Å². The van der Waals surface area contributed by atoms with Crippen molar-refractivity contribution in [1.82, 2.24) is 9.78 Å². The predicted molar refractivity (Wildman–Crippen MR) is 73.2 cm³/mol. The Labute approximate surface area is 112 Å². The van der Waals surface area contributed by atoms with E-state index in [1.54, 1.807) is 10.9 Å². The topological polar surface area (TPSA) is 60.9 Å². The molecule has 1 atom stereocenters. The molecule has 2 N–H and O–H groups in total. The molecule has 0 spiro atoms. The van der Waals surface area contributed by atoms with Crippen molar-refractivity contribution in [3.05, 3.63) is 47.8 Å². The van der Waals surface area contributed by atoms with E-state index in [0.717, 1.165) is 11.4 Å². The number of benzene rings is 1. The van der Waals surface area contributed by atoms with Gasteiger partial charge in [-0.1, -0.05) is 32.0 Å². The lowest BCUT2D eigenvalue weighted by atomic mass is 9.72. The van der Waals surface area contributed by atoms with Gasteiger partial charge in [0.1, 0.15) is 0 Å². The monoisotopic (exact) mass is 255 g/mol. The molecular formula is C15H17N3O. The Kier molecular flexibility index (Phi) is 2.57. The molecule has 0 radical (unpaired) electrons. The largest absolute Gasteiger partial charge is 0.322 e. The number of nitrogens with two attached hydrogens (primary N) is 1. The van der Waals surface area contributed by atoms with Crippen LogP contribution < -0.4 is 5.73 Å². The summed E-state index contributed by atoms with van der Waals surface area (Å²) in [5, 5.41) is 4.35. The summed E-state index contributed by atoms with van der Waals surface area (Å²) in [5.41, 5.74) is 8.54. The van der Waals surface area contributed by atoms with Gasteiger partial charge in [0, 0.05) is 6.42 Å². The van der Waals surface area contributed by atoms with E-state index in [1.165, 1.54) is 0 Å². The Hall–Kier alpha value is -1.94. The molecule has 0 aliphatic heterocycles. The van der Waals surface area contributed by atoms with Crippen LogP contribution in [0.25, 0.3) is 5.69 Å². The van der Waals surface area contributed by atoms with Gasteiger partial charge >= 0.3 is 0 Å². The summed E-state index contributed by atoms with van der Waals surface area (Å²) in [7, 11) is 0. The average molecular weight is 255 g/mol. The van der Waals surface area contributed by atoms with Crippen LogP contribution in [-0.2, 0) is 0 Å². The Bertz CT molecular complexity index is 628. The molecule has 1 aromatic heterocycles. The first-order valence-electron chi connectivity index (χ1n) is 6.43. The van der Waals surface area contributed by atoms with Crippen LogP contribution in [0.4, 0.5) is 0 Å². The molecule has 0 saturated heterocycles. The van der Waals surface area contributed by atoms with Crippen molar-refractivity contribution in [3.8, 4) is 5.69 Å². The van der Waals surface area contributed by atoms with Crippen molar-refractivity contribution in [3.63, 3.8) is 0 Å². The summed E-state index contributed by atoms with van der Waals surface area (Å²) in [6.07, 6.45) is 2.11. The van der Waals surface area contributed by atoms with E-state index < -0.39 is 0 Å². The standard InChI is InChI=1S/C15H17N3O/c1-15(2)8-12(19)11-9-17-18(13(11)14(15)16)10-6-4-3-5-7-10/h3-7,9,14H,8,16H2,1-2H3. The first kappa shape index (κ1) is 12.1. The highest BCUT2D eigenvalue weighted by Crippen LogP contribution is 2.42. The maximum Gasteiger partial charge on any atom is 0.166 e. The molecule has 1 aromatic carbocycles. The van der Waals surface area contributed by atoms with Crippen molar-refractivity contribution in [1.29, 1.82) is 0 Å². The third kappa shape index (κ3) is 1.79. The van der Waals surface area contributed by atoms with E-state index in [4.69, 9.17) is 5.73 Å². The highest BCUT2D eigenvalue weighted by molar-refractivity contribution is 5.99. The Morgan fingerprint density at radius 1 is 1.32 bits per heavy atom. The van der Waals surface area contributed by atoms with Gasteiger partial charge in [0.15, 0.2) is 5.78 Å². The van der Waals surface area contributed by atoms with Crippen LogP contribution >= 0.6 is 0 Å². The second kappa shape index (κ2) is 4.03. The summed E-state index contributed by atoms with van der Waals surface area (Å²) >= 11 is 0. The number of nitrogens with zero attached hydrogens (tertiary/aromatic N) is 2. The van der Waals surface area contributed by atoms with Gasteiger partial charge in [0.25, 0.3) is 0 Å². The molecule has 3 rings (SSSR count). The van der Waals surface area contributed by atoms with Crippen LogP contribution in [-0.4, -0.2) is 15.6 Å². The number of rotatable bonds is 1. The number of hydrogen-bond acceptors (Lipinski definition) is 3. The Morgan fingerprint density at radius 2 is 2.00 bits per heavy atom. The summed E-state index contributed by atoms with van der Waals surface area (Å²) in [5.74, 6) is 0.129. The Balaban J connectivity index is 2.20. The van der Waals surface area contributed by atoms with Crippen LogP contribution in [0, 0.1) is 5.41 Å². The number of para-hydroxylation sites is 1. The first-order valence-corrected chi connectivity index (χ1v) is 6.43. The number of carbonyl (C=O) groups excluding carboxylic acids is 1. The maximum absolute atomic E-state index is 12.2. The first-order chi connectivity index (χ1) is 9.00. The SMILES string of the molecule is CC1(C)CC(=O)c2cnn(-c3ccccc3)c2C1N. The van der Waals surface area contributed by atoms with Gasteiger partial charge in [-0.3, -0.25) is 4.79 Å². The van der Waals surface area contributed by atoms with Crippen molar-refractivity contribution >= 4 is 5.78 Å². The molecule has 0 amide bonds. The van der Waals surface area contributed by atoms with E-state index >= 15 is 0 Å². The van der Waals surface area contributed by atoms with E-state index in [9.17, 15) is 4.79 Å². The van der Waals surface area contributed by atoms with Crippen LogP contribution in [0.1, 0.15) is 42.4 Å². The Morgan fingerprint density at radius 3 is 2.68 bits per heavy atom. The number of carbonyl (C=O) groups is 1. The van der Waals surface area contributed by atoms with Crippen LogP contribution in [0.5, 0.6) is 0 Å². The van der Waals surface area contributed by atoms with Gasteiger partial charge in [-0.25, -0.2) is 4.68 Å². The lowest BCUT2D eigenvalue weighted by Crippen LogP contribution is -2.38. The normalized spacial score (nSPS) is 21.2. The fourth-order valence-electron chi connectivity index (χ4n) is 2.64. The molecule has 4 heteroatoms. The van der Waals surface area contributed by atoms with E-state index in [1.807, 2.05) is 44.2 Å². The lowest BCUT2D eigenvalue weighted by molar-refractivity contribution is 0.0882. The zero-order chi connectivity index (χ0) is 13.6. The fraction of sp³-hybridized carbons (Fsp3) is 0.333. The number of ketones is 1.